The Kier molecular flexibility index (Phi) is 6.70. The van der Waals surface area contributed by atoms with Gasteiger partial charge in [-0.2, -0.15) is 0 Å². The molecule has 0 atom stereocenters. The summed E-state index contributed by atoms with van der Waals surface area (Å²) in [7, 11) is 2.16. The Morgan fingerprint density at radius 3 is 2.56 bits per heavy atom. The molecule has 2 fully saturated rings. The summed E-state index contributed by atoms with van der Waals surface area (Å²) >= 11 is 1.70. The maximum atomic E-state index is 6.22. The highest BCUT2D eigenvalue weighted by Gasteiger charge is 2.16. The fourth-order valence-corrected chi connectivity index (χ4v) is 5.95. The van der Waals surface area contributed by atoms with Crippen LogP contribution in [-0.4, -0.2) is 59.1 Å². The van der Waals surface area contributed by atoms with E-state index in [9.17, 15) is 0 Å². The predicted molar refractivity (Wildman–Crippen MR) is 147 cm³/mol. The van der Waals surface area contributed by atoms with Crippen molar-refractivity contribution in [3.63, 3.8) is 0 Å². The van der Waals surface area contributed by atoms with Crippen molar-refractivity contribution in [1.29, 1.82) is 0 Å². The lowest BCUT2D eigenvalue weighted by Gasteiger charge is -2.33. The summed E-state index contributed by atoms with van der Waals surface area (Å²) in [6, 6.07) is 14.7. The highest BCUT2D eigenvalue weighted by molar-refractivity contribution is 7.22. The van der Waals surface area contributed by atoms with E-state index in [4.69, 9.17) is 14.7 Å². The Labute approximate surface area is 216 Å². The van der Waals surface area contributed by atoms with Crippen molar-refractivity contribution in [3.05, 3.63) is 54.9 Å². The lowest BCUT2D eigenvalue weighted by atomic mass is 9.96. The molecule has 1 aromatic carbocycles. The molecule has 1 aliphatic carbocycles. The van der Waals surface area contributed by atoms with Gasteiger partial charge in [0.15, 0.2) is 5.13 Å². The second kappa shape index (κ2) is 10.4. The molecule has 4 aromatic rings. The molecule has 4 heterocycles. The largest absolute Gasteiger partial charge is 0.457 e. The number of pyridine rings is 2. The molecular formula is C28H32N6OS. The highest BCUT2D eigenvalue weighted by atomic mass is 32.1. The zero-order valence-corrected chi connectivity index (χ0v) is 21.5. The van der Waals surface area contributed by atoms with Crippen molar-refractivity contribution >= 4 is 32.5 Å². The van der Waals surface area contributed by atoms with Gasteiger partial charge in [0.1, 0.15) is 17.3 Å². The van der Waals surface area contributed by atoms with E-state index in [1.165, 1.54) is 32.1 Å². The molecule has 0 radical (unpaired) electrons. The summed E-state index contributed by atoms with van der Waals surface area (Å²) in [5.41, 5.74) is 2.84. The molecular weight excluding hydrogens is 468 g/mol. The molecule has 3 aromatic heterocycles. The summed E-state index contributed by atoms with van der Waals surface area (Å²) in [4.78, 5) is 18.7. The average Bonchev–Trinajstić information content (AvgIpc) is 3.31. The average molecular weight is 501 g/mol. The van der Waals surface area contributed by atoms with Crippen LogP contribution >= 0.6 is 11.3 Å². The smallest absolute Gasteiger partial charge is 0.184 e. The van der Waals surface area contributed by atoms with Gasteiger partial charge in [-0.3, -0.25) is 4.98 Å². The summed E-state index contributed by atoms with van der Waals surface area (Å²) in [6.07, 6.45) is 10.1. The number of hydrogen-bond acceptors (Lipinski definition) is 8. The van der Waals surface area contributed by atoms with Crippen LogP contribution in [0.2, 0.25) is 0 Å². The van der Waals surface area contributed by atoms with E-state index in [2.05, 4.69) is 45.3 Å². The maximum absolute atomic E-state index is 6.22. The van der Waals surface area contributed by atoms with E-state index in [0.29, 0.717) is 6.04 Å². The minimum absolute atomic E-state index is 0.551. The molecule has 186 valence electrons. The van der Waals surface area contributed by atoms with Gasteiger partial charge in [0.2, 0.25) is 0 Å². The van der Waals surface area contributed by atoms with Gasteiger partial charge < -0.3 is 19.9 Å². The number of anilines is 2. The molecule has 0 unspecified atom stereocenters. The molecule has 0 amide bonds. The number of likely N-dealkylation sites (N-methyl/N-ethyl adjacent to an activating group) is 1. The summed E-state index contributed by atoms with van der Waals surface area (Å²) in [6.45, 7) is 4.14. The first-order valence-corrected chi connectivity index (χ1v) is 13.7. The van der Waals surface area contributed by atoms with Crippen molar-refractivity contribution in [2.75, 3.05) is 43.4 Å². The molecule has 1 saturated carbocycles. The third kappa shape index (κ3) is 5.29. The SMILES string of the molecule is CN1CCN(c2ccc(-c3cc(Oc4ccc5nc(NC6CCCCC6)sc5c4)ccn3)cn2)CC1. The van der Waals surface area contributed by atoms with Crippen molar-refractivity contribution in [1.82, 2.24) is 19.9 Å². The number of benzene rings is 1. The van der Waals surface area contributed by atoms with Crippen molar-refractivity contribution in [2.24, 2.45) is 0 Å². The van der Waals surface area contributed by atoms with Crippen LogP contribution in [-0.2, 0) is 0 Å². The molecule has 2 aliphatic rings. The first-order valence-electron chi connectivity index (χ1n) is 12.9. The number of ether oxygens (including phenoxy) is 1. The number of thiazole rings is 1. The number of rotatable bonds is 6. The lowest BCUT2D eigenvalue weighted by Crippen LogP contribution is -2.44. The summed E-state index contributed by atoms with van der Waals surface area (Å²) in [5.74, 6) is 2.58. The van der Waals surface area contributed by atoms with E-state index < -0.39 is 0 Å². The second-order valence-electron chi connectivity index (χ2n) is 9.80. The molecule has 0 bridgehead atoms. The molecule has 6 rings (SSSR count). The highest BCUT2D eigenvalue weighted by Crippen LogP contribution is 2.33. The van der Waals surface area contributed by atoms with Crippen LogP contribution < -0.4 is 15.0 Å². The monoisotopic (exact) mass is 500 g/mol. The minimum Gasteiger partial charge on any atom is -0.457 e. The fourth-order valence-electron chi connectivity index (χ4n) is 4.98. The molecule has 7 nitrogen and oxygen atoms in total. The van der Waals surface area contributed by atoms with Gasteiger partial charge in [-0.25, -0.2) is 9.97 Å². The number of nitrogens with one attached hydrogen (secondary N) is 1. The minimum atomic E-state index is 0.551. The number of aromatic nitrogens is 3. The van der Waals surface area contributed by atoms with Crippen LogP contribution in [0.25, 0.3) is 21.5 Å². The van der Waals surface area contributed by atoms with E-state index in [0.717, 1.165) is 70.1 Å². The second-order valence-corrected chi connectivity index (χ2v) is 10.8. The predicted octanol–water partition coefficient (Wildman–Crippen LogP) is 6.04. The standard InChI is InChI=1S/C28H32N6OS/c1-33-13-15-34(16-14-33)27-10-7-20(19-30-27)25-17-23(11-12-29-25)35-22-8-9-24-26(18-22)36-28(32-24)31-21-5-3-2-4-6-21/h7-12,17-19,21H,2-6,13-16H2,1H3,(H,31,32). The van der Waals surface area contributed by atoms with Crippen LogP contribution in [0.15, 0.2) is 54.9 Å². The topological polar surface area (TPSA) is 66.4 Å². The van der Waals surface area contributed by atoms with Crippen LogP contribution in [0.5, 0.6) is 11.5 Å². The van der Waals surface area contributed by atoms with Gasteiger partial charge in [0, 0.05) is 62.3 Å². The number of hydrogen-bond donors (Lipinski definition) is 1. The third-order valence-electron chi connectivity index (χ3n) is 7.13. The summed E-state index contributed by atoms with van der Waals surface area (Å²) in [5, 5.41) is 4.65. The van der Waals surface area contributed by atoms with E-state index in [1.54, 1.807) is 17.5 Å². The Hall–Kier alpha value is -3.23. The fraction of sp³-hybridized carbons (Fsp3) is 0.393. The van der Waals surface area contributed by atoms with Gasteiger partial charge in [-0.1, -0.05) is 30.6 Å². The van der Waals surface area contributed by atoms with Gasteiger partial charge in [0.05, 0.1) is 15.9 Å². The van der Waals surface area contributed by atoms with Crippen molar-refractivity contribution in [3.8, 4) is 22.8 Å². The Bertz CT molecular complexity index is 1310. The summed E-state index contributed by atoms with van der Waals surface area (Å²) < 4.78 is 7.35. The van der Waals surface area contributed by atoms with Gasteiger partial charge in [0.25, 0.3) is 0 Å². The van der Waals surface area contributed by atoms with Crippen LogP contribution in [0.1, 0.15) is 32.1 Å². The molecule has 36 heavy (non-hydrogen) atoms. The first-order chi connectivity index (χ1) is 17.7. The zero-order chi connectivity index (χ0) is 24.3. The Morgan fingerprint density at radius 2 is 1.75 bits per heavy atom. The maximum Gasteiger partial charge on any atom is 0.184 e. The first kappa shape index (κ1) is 23.2. The normalized spacial score (nSPS) is 17.4. The number of fused-ring (bicyclic) bond motifs is 1. The van der Waals surface area contributed by atoms with E-state index in [-0.39, 0.29) is 0 Å². The lowest BCUT2D eigenvalue weighted by molar-refractivity contribution is 0.312. The van der Waals surface area contributed by atoms with Crippen molar-refractivity contribution < 1.29 is 4.74 Å². The van der Waals surface area contributed by atoms with E-state index >= 15 is 0 Å². The zero-order valence-electron chi connectivity index (χ0n) is 20.7. The molecule has 1 saturated heterocycles. The molecule has 0 spiro atoms. The number of piperazine rings is 1. The van der Waals surface area contributed by atoms with Gasteiger partial charge in [-0.15, -0.1) is 0 Å². The van der Waals surface area contributed by atoms with Crippen LogP contribution in [0, 0.1) is 0 Å². The molecule has 8 heteroatoms. The van der Waals surface area contributed by atoms with Gasteiger partial charge >= 0.3 is 0 Å². The number of nitrogens with zero attached hydrogens (tertiary/aromatic N) is 5. The van der Waals surface area contributed by atoms with E-state index in [1.807, 2.05) is 30.5 Å². The van der Waals surface area contributed by atoms with Gasteiger partial charge in [-0.05, 0) is 50.2 Å². The Balaban J connectivity index is 1.14. The van der Waals surface area contributed by atoms with Crippen LogP contribution in [0.4, 0.5) is 10.9 Å². The third-order valence-corrected chi connectivity index (χ3v) is 8.08. The Morgan fingerprint density at radius 1 is 0.917 bits per heavy atom. The van der Waals surface area contributed by atoms with Crippen molar-refractivity contribution in [2.45, 2.75) is 38.1 Å². The quantitative estimate of drug-likeness (QED) is 0.346. The molecule has 1 N–H and O–H groups in total. The van der Waals surface area contributed by atoms with Crippen LogP contribution in [0.3, 0.4) is 0 Å². The molecule has 1 aliphatic heterocycles.